The van der Waals surface area contributed by atoms with E-state index in [4.69, 9.17) is 11.6 Å². The average Bonchev–Trinajstić information content (AvgIpc) is 2.77. The van der Waals surface area contributed by atoms with E-state index in [1.807, 2.05) is 37.3 Å². The van der Waals surface area contributed by atoms with Crippen molar-refractivity contribution in [1.82, 2.24) is 4.98 Å². The Bertz CT molecular complexity index is 803. The van der Waals surface area contributed by atoms with Crippen molar-refractivity contribution in [2.75, 3.05) is 0 Å². The molecule has 0 aliphatic carbocycles. The second kappa shape index (κ2) is 5.77. The zero-order valence-corrected chi connectivity index (χ0v) is 12.9. The largest absolute Gasteiger partial charge is 0.488 e. The third-order valence-electron chi connectivity index (χ3n) is 3.28. The maximum Gasteiger partial charge on any atom is 0.488 e. The molecule has 1 aromatic heterocycles. The summed E-state index contributed by atoms with van der Waals surface area (Å²) in [6.45, 7) is 2.00. The highest BCUT2D eigenvalue weighted by atomic mass is 35.5. The van der Waals surface area contributed by atoms with E-state index in [2.05, 4.69) is 4.98 Å². The van der Waals surface area contributed by atoms with Crippen LogP contribution in [-0.4, -0.2) is 22.2 Å². The summed E-state index contributed by atoms with van der Waals surface area (Å²) in [6.07, 6.45) is 0. The first-order chi connectivity index (χ1) is 10.1. The Morgan fingerprint density at radius 3 is 2.67 bits per heavy atom. The first kappa shape index (κ1) is 14.5. The minimum Gasteiger partial charge on any atom is -0.423 e. The van der Waals surface area contributed by atoms with Gasteiger partial charge in [-0.05, 0) is 36.7 Å². The Morgan fingerprint density at radius 1 is 1.14 bits per heavy atom. The topological polar surface area (TPSA) is 56.2 Å². The lowest BCUT2D eigenvalue weighted by Gasteiger charge is -2.05. The molecule has 0 amide bonds. The van der Waals surface area contributed by atoms with Crippen LogP contribution in [0.2, 0.25) is 5.02 Å². The molecule has 3 aromatic rings. The van der Waals surface area contributed by atoms with Crippen molar-refractivity contribution in [3.63, 3.8) is 0 Å². The summed E-state index contributed by atoms with van der Waals surface area (Å²) >= 11 is 7.87. The SMILES string of the molecule is Cc1[nH]c2cccc(Cl)c2c1Sc1cccc(B(O)O)c1. The van der Waals surface area contributed by atoms with Crippen LogP contribution in [0, 0.1) is 6.92 Å². The zero-order valence-electron chi connectivity index (χ0n) is 11.3. The Balaban J connectivity index is 2.06. The fourth-order valence-electron chi connectivity index (χ4n) is 2.29. The molecular weight excluding hydrogens is 305 g/mol. The summed E-state index contributed by atoms with van der Waals surface area (Å²) in [7, 11) is -1.46. The number of fused-ring (bicyclic) bond motifs is 1. The predicted molar refractivity (Wildman–Crippen MR) is 88.4 cm³/mol. The molecule has 0 radical (unpaired) electrons. The molecule has 2 aromatic carbocycles. The summed E-state index contributed by atoms with van der Waals surface area (Å²) in [4.78, 5) is 5.31. The highest BCUT2D eigenvalue weighted by Gasteiger charge is 2.15. The third kappa shape index (κ3) is 2.83. The maximum atomic E-state index is 9.26. The standard InChI is InChI=1S/C15H13BClNO2S/c1-9-15(14-12(17)6-3-7-13(14)18-9)21-11-5-2-4-10(8-11)16(19)20/h2-8,18-20H,1H3. The Morgan fingerprint density at radius 2 is 1.90 bits per heavy atom. The Kier molecular flexibility index (Phi) is 4.00. The van der Waals surface area contributed by atoms with Gasteiger partial charge in [0.1, 0.15) is 0 Å². The second-order valence-electron chi connectivity index (χ2n) is 4.79. The summed E-state index contributed by atoms with van der Waals surface area (Å²) in [6, 6.07) is 13.0. The van der Waals surface area contributed by atoms with Gasteiger partial charge in [-0.3, -0.25) is 0 Å². The van der Waals surface area contributed by atoms with Crippen molar-refractivity contribution in [3.8, 4) is 0 Å². The van der Waals surface area contributed by atoms with Crippen LogP contribution in [0.3, 0.4) is 0 Å². The molecule has 106 valence electrons. The molecule has 3 nitrogen and oxygen atoms in total. The number of hydrogen-bond donors (Lipinski definition) is 3. The molecule has 0 saturated heterocycles. The second-order valence-corrected chi connectivity index (χ2v) is 6.28. The van der Waals surface area contributed by atoms with E-state index in [1.165, 1.54) is 0 Å². The van der Waals surface area contributed by atoms with Gasteiger partial charge in [0.15, 0.2) is 0 Å². The van der Waals surface area contributed by atoms with Gasteiger partial charge in [0, 0.05) is 26.4 Å². The monoisotopic (exact) mass is 317 g/mol. The van der Waals surface area contributed by atoms with Crippen LogP contribution in [-0.2, 0) is 0 Å². The molecule has 3 rings (SSSR count). The maximum absolute atomic E-state index is 9.26. The number of aromatic nitrogens is 1. The highest BCUT2D eigenvalue weighted by molar-refractivity contribution is 7.99. The van der Waals surface area contributed by atoms with E-state index in [0.717, 1.165) is 26.4 Å². The first-order valence-electron chi connectivity index (χ1n) is 6.47. The molecule has 1 heterocycles. The molecule has 0 unspecified atom stereocenters. The lowest BCUT2D eigenvalue weighted by atomic mass is 9.80. The van der Waals surface area contributed by atoms with Crippen molar-refractivity contribution in [3.05, 3.63) is 53.2 Å². The molecule has 0 atom stereocenters. The van der Waals surface area contributed by atoms with Crippen LogP contribution in [0.25, 0.3) is 10.9 Å². The number of hydrogen-bond acceptors (Lipinski definition) is 3. The van der Waals surface area contributed by atoms with Gasteiger partial charge in [-0.2, -0.15) is 0 Å². The van der Waals surface area contributed by atoms with Gasteiger partial charge >= 0.3 is 7.12 Å². The Hall–Kier alpha value is -1.40. The number of aromatic amines is 1. The molecule has 0 saturated carbocycles. The number of nitrogens with one attached hydrogen (secondary N) is 1. The van der Waals surface area contributed by atoms with Crippen LogP contribution < -0.4 is 5.46 Å². The lowest BCUT2D eigenvalue weighted by molar-refractivity contribution is 0.425. The lowest BCUT2D eigenvalue weighted by Crippen LogP contribution is -2.29. The number of benzene rings is 2. The smallest absolute Gasteiger partial charge is 0.423 e. The molecular formula is C15H13BClNO2S. The van der Waals surface area contributed by atoms with Crippen molar-refractivity contribution >= 4 is 46.8 Å². The quantitative estimate of drug-likeness (QED) is 0.651. The van der Waals surface area contributed by atoms with Gasteiger partial charge in [-0.25, -0.2) is 0 Å². The summed E-state index contributed by atoms with van der Waals surface area (Å²) in [5, 5.41) is 20.2. The molecule has 3 N–H and O–H groups in total. The molecule has 0 fully saturated rings. The van der Waals surface area contributed by atoms with Crippen molar-refractivity contribution in [1.29, 1.82) is 0 Å². The minimum atomic E-state index is -1.46. The van der Waals surface area contributed by atoms with Gasteiger partial charge in [0.05, 0.1) is 5.02 Å². The third-order valence-corrected chi connectivity index (χ3v) is 4.80. The molecule has 0 aliphatic rings. The van der Waals surface area contributed by atoms with Gasteiger partial charge in [0.2, 0.25) is 0 Å². The first-order valence-corrected chi connectivity index (χ1v) is 7.66. The number of H-pyrrole nitrogens is 1. The summed E-state index contributed by atoms with van der Waals surface area (Å²) in [5.41, 5.74) is 2.52. The van der Waals surface area contributed by atoms with Crippen LogP contribution in [0.1, 0.15) is 5.69 Å². The summed E-state index contributed by atoms with van der Waals surface area (Å²) < 4.78 is 0. The fraction of sp³-hybridized carbons (Fsp3) is 0.0667. The number of aryl methyl sites for hydroxylation is 1. The molecule has 21 heavy (non-hydrogen) atoms. The van der Waals surface area contributed by atoms with Crippen LogP contribution in [0.15, 0.2) is 52.3 Å². The minimum absolute atomic E-state index is 0.476. The van der Waals surface area contributed by atoms with Gasteiger partial charge in [0.25, 0.3) is 0 Å². The fourth-order valence-corrected chi connectivity index (χ4v) is 3.72. The van der Waals surface area contributed by atoms with Crippen molar-refractivity contribution in [2.45, 2.75) is 16.7 Å². The number of rotatable bonds is 3. The van der Waals surface area contributed by atoms with E-state index < -0.39 is 7.12 Å². The summed E-state index contributed by atoms with van der Waals surface area (Å²) in [5.74, 6) is 0. The van der Waals surface area contributed by atoms with E-state index in [0.29, 0.717) is 10.5 Å². The van der Waals surface area contributed by atoms with Gasteiger partial charge < -0.3 is 15.0 Å². The predicted octanol–water partition coefficient (Wildman–Crippen LogP) is 2.96. The van der Waals surface area contributed by atoms with Crippen molar-refractivity contribution in [2.24, 2.45) is 0 Å². The molecule has 6 heteroatoms. The van der Waals surface area contributed by atoms with E-state index in [9.17, 15) is 10.0 Å². The van der Waals surface area contributed by atoms with Crippen molar-refractivity contribution < 1.29 is 10.0 Å². The normalized spacial score (nSPS) is 11.0. The van der Waals surface area contributed by atoms with Crippen LogP contribution >= 0.6 is 23.4 Å². The van der Waals surface area contributed by atoms with Gasteiger partial charge in [-0.1, -0.05) is 41.6 Å². The van der Waals surface area contributed by atoms with E-state index in [-0.39, 0.29) is 0 Å². The zero-order chi connectivity index (χ0) is 15.0. The Labute approximate surface area is 132 Å². The molecule has 0 aliphatic heterocycles. The molecule has 0 spiro atoms. The highest BCUT2D eigenvalue weighted by Crippen LogP contribution is 2.39. The van der Waals surface area contributed by atoms with E-state index in [1.54, 1.807) is 23.9 Å². The molecule has 0 bridgehead atoms. The number of halogens is 1. The van der Waals surface area contributed by atoms with Crippen LogP contribution in [0.5, 0.6) is 0 Å². The van der Waals surface area contributed by atoms with E-state index >= 15 is 0 Å². The van der Waals surface area contributed by atoms with Gasteiger partial charge in [-0.15, -0.1) is 0 Å². The van der Waals surface area contributed by atoms with Crippen LogP contribution in [0.4, 0.5) is 0 Å². The average molecular weight is 318 g/mol.